The first-order chi connectivity index (χ1) is 13.2. The summed E-state index contributed by atoms with van der Waals surface area (Å²) in [5, 5.41) is 14.5. The standard InChI is InChI=1S/C17H16F3N7O/c1-9-14(8-22-27-9)25-16-21-7-11(17(18,19)20)15(26-16)24-13-6-4-3-5-12(13)23-10(2)28/h3-8H,1-2H3,(H,22,27)(H,23,28)(H2,21,24,25,26). The van der Waals surface area contributed by atoms with Crippen LogP contribution in [0.15, 0.2) is 36.7 Å². The van der Waals surface area contributed by atoms with Gasteiger partial charge in [0.2, 0.25) is 11.9 Å². The summed E-state index contributed by atoms with van der Waals surface area (Å²) in [6.07, 6.45) is -2.51. The van der Waals surface area contributed by atoms with Crippen LogP contribution in [0, 0.1) is 6.92 Å². The van der Waals surface area contributed by atoms with E-state index in [1.165, 1.54) is 19.2 Å². The van der Waals surface area contributed by atoms with E-state index < -0.39 is 17.6 Å². The van der Waals surface area contributed by atoms with E-state index in [0.29, 0.717) is 23.3 Å². The lowest BCUT2D eigenvalue weighted by Crippen LogP contribution is -2.14. The number of alkyl halides is 3. The van der Waals surface area contributed by atoms with Crippen LogP contribution >= 0.6 is 0 Å². The second kappa shape index (κ2) is 7.55. The zero-order valence-electron chi connectivity index (χ0n) is 14.8. The van der Waals surface area contributed by atoms with Gasteiger partial charge in [-0.15, -0.1) is 0 Å². The number of H-pyrrole nitrogens is 1. The molecule has 3 aromatic rings. The summed E-state index contributed by atoms with van der Waals surface area (Å²) in [5.41, 5.74) is 0.743. The van der Waals surface area contributed by atoms with Gasteiger partial charge in [0.25, 0.3) is 0 Å². The van der Waals surface area contributed by atoms with Gasteiger partial charge in [-0.25, -0.2) is 4.98 Å². The average molecular weight is 391 g/mol. The highest BCUT2D eigenvalue weighted by atomic mass is 19.4. The first kappa shape index (κ1) is 19.1. The van der Waals surface area contributed by atoms with E-state index in [2.05, 4.69) is 36.1 Å². The van der Waals surface area contributed by atoms with Crippen molar-refractivity contribution in [3.8, 4) is 0 Å². The second-order valence-corrected chi connectivity index (χ2v) is 5.84. The van der Waals surface area contributed by atoms with Gasteiger partial charge >= 0.3 is 6.18 Å². The number of hydrogen-bond donors (Lipinski definition) is 4. The fourth-order valence-corrected chi connectivity index (χ4v) is 2.36. The molecule has 0 atom stereocenters. The van der Waals surface area contributed by atoms with E-state index in [1.807, 2.05) is 0 Å². The molecule has 0 radical (unpaired) electrons. The molecule has 11 heteroatoms. The molecule has 0 unspecified atom stereocenters. The van der Waals surface area contributed by atoms with Gasteiger partial charge in [0.05, 0.1) is 29.0 Å². The summed E-state index contributed by atoms with van der Waals surface area (Å²) < 4.78 is 40.2. The number of benzene rings is 1. The largest absolute Gasteiger partial charge is 0.421 e. The smallest absolute Gasteiger partial charge is 0.338 e. The SMILES string of the molecule is CC(=O)Nc1ccccc1Nc1nc(Nc2cn[nH]c2C)ncc1C(F)(F)F. The van der Waals surface area contributed by atoms with Crippen LogP contribution < -0.4 is 16.0 Å². The Balaban J connectivity index is 1.99. The first-order valence-corrected chi connectivity index (χ1v) is 8.09. The topological polar surface area (TPSA) is 108 Å². The number of carbonyl (C=O) groups excluding carboxylic acids is 1. The molecule has 0 bridgehead atoms. The number of anilines is 5. The van der Waals surface area contributed by atoms with Crippen LogP contribution in [-0.4, -0.2) is 26.1 Å². The Hall–Kier alpha value is -3.63. The lowest BCUT2D eigenvalue weighted by atomic mass is 10.2. The number of hydrogen-bond acceptors (Lipinski definition) is 6. The van der Waals surface area contributed by atoms with E-state index in [9.17, 15) is 18.0 Å². The van der Waals surface area contributed by atoms with Crippen molar-refractivity contribution in [1.29, 1.82) is 0 Å². The summed E-state index contributed by atoms with van der Waals surface area (Å²) in [7, 11) is 0. The third-order valence-corrected chi connectivity index (χ3v) is 3.66. The van der Waals surface area contributed by atoms with Crippen LogP contribution in [0.25, 0.3) is 0 Å². The Kier molecular flexibility index (Phi) is 5.16. The molecule has 0 aliphatic carbocycles. The molecule has 0 aliphatic heterocycles. The molecule has 0 fully saturated rings. The minimum atomic E-state index is -4.67. The van der Waals surface area contributed by atoms with Gasteiger partial charge < -0.3 is 16.0 Å². The second-order valence-electron chi connectivity index (χ2n) is 5.84. The molecule has 0 saturated carbocycles. The highest BCUT2D eigenvalue weighted by Gasteiger charge is 2.35. The molecule has 1 aromatic carbocycles. The Morgan fingerprint density at radius 3 is 2.39 bits per heavy atom. The predicted molar refractivity (Wildman–Crippen MR) is 97.7 cm³/mol. The van der Waals surface area contributed by atoms with Gasteiger partial charge in [0.15, 0.2) is 0 Å². The maximum Gasteiger partial charge on any atom is 0.421 e. The van der Waals surface area contributed by atoms with E-state index in [1.54, 1.807) is 25.1 Å². The van der Waals surface area contributed by atoms with Gasteiger partial charge in [-0.1, -0.05) is 12.1 Å². The van der Waals surface area contributed by atoms with Crippen molar-refractivity contribution in [2.75, 3.05) is 16.0 Å². The van der Waals surface area contributed by atoms with Crippen LogP contribution in [0.4, 0.5) is 42.0 Å². The molecule has 28 heavy (non-hydrogen) atoms. The number of rotatable bonds is 5. The fourth-order valence-electron chi connectivity index (χ4n) is 2.36. The molecule has 146 valence electrons. The van der Waals surface area contributed by atoms with Crippen LogP contribution in [-0.2, 0) is 11.0 Å². The summed E-state index contributed by atoms with van der Waals surface area (Å²) >= 11 is 0. The Bertz CT molecular complexity index is 1000. The summed E-state index contributed by atoms with van der Waals surface area (Å²) in [4.78, 5) is 19.0. The van der Waals surface area contributed by atoms with Crippen molar-refractivity contribution in [3.63, 3.8) is 0 Å². The molecule has 0 spiro atoms. The van der Waals surface area contributed by atoms with E-state index in [-0.39, 0.29) is 17.5 Å². The first-order valence-electron chi connectivity index (χ1n) is 8.09. The number of nitrogens with zero attached hydrogens (tertiary/aromatic N) is 3. The van der Waals surface area contributed by atoms with Gasteiger partial charge in [-0.05, 0) is 19.1 Å². The summed E-state index contributed by atoms with van der Waals surface area (Å²) in [5.74, 6) is -0.855. The van der Waals surface area contributed by atoms with Crippen LogP contribution in [0.3, 0.4) is 0 Å². The highest BCUT2D eigenvalue weighted by Crippen LogP contribution is 2.36. The number of nitrogens with one attached hydrogen (secondary N) is 4. The normalized spacial score (nSPS) is 11.2. The van der Waals surface area contributed by atoms with Gasteiger partial charge in [-0.2, -0.15) is 23.3 Å². The van der Waals surface area contributed by atoms with Gasteiger partial charge in [0.1, 0.15) is 11.4 Å². The van der Waals surface area contributed by atoms with Crippen LogP contribution in [0.5, 0.6) is 0 Å². The van der Waals surface area contributed by atoms with Crippen molar-refractivity contribution in [3.05, 3.63) is 47.9 Å². The number of amides is 1. The molecule has 0 saturated heterocycles. The maximum absolute atomic E-state index is 13.4. The number of carbonyl (C=O) groups is 1. The average Bonchev–Trinajstić information content (AvgIpc) is 3.00. The Labute approximate surface area is 157 Å². The minimum Gasteiger partial charge on any atom is -0.338 e. The fraction of sp³-hybridized carbons (Fsp3) is 0.176. The summed E-state index contributed by atoms with van der Waals surface area (Å²) in [6.45, 7) is 3.04. The van der Waals surface area contributed by atoms with Crippen molar-refractivity contribution < 1.29 is 18.0 Å². The number of aryl methyl sites for hydroxylation is 1. The lowest BCUT2D eigenvalue weighted by molar-refractivity contribution is -0.137. The molecule has 4 N–H and O–H groups in total. The third kappa shape index (κ3) is 4.37. The van der Waals surface area contributed by atoms with Crippen molar-refractivity contribution >= 4 is 34.7 Å². The van der Waals surface area contributed by atoms with Gasteiger partial charge in [-0.3, -0.25) is 9.89 Å². The van der Waals surface area contributed by atoms with Crippen molar-refractivity contribution in [2.45, 2.75) is 20.0 Å². The number of aromatic nitrogens is 4. The van der Waals surface area contributed by atoms with Crippen molar-refractivity contribution in [1.82, 2.24) is 20.2 Å². The maximum atomic E-state index is 13.4. The molecule has 2 aromatic heterocycles. The monoisotopic (exact) mass is 391 g/mol. The third-order valence-electron chi connectivity index (χ3n) is 3.66. The number of halogens is 3. The van der Waals surface area contributed by atoms with Crippen LogP contribution in [0.1, 0.15) is 18.2 Å². The molecule has 0 aliphatic rings. The van der Waals surface area contributed by atoms with Gasteiger partial charge in [0, 0.05) is 13.1 Å². The molecule has 2 heterocycles. The predicted octanol–water partition coefficient (Wildman–Crippen LogP) is 3.97. The number of aromatic amines is 1. The van der Waals surface area contributed by atoms with E-state index in [0.717, 1.165) is 0 Å². The molecular formula is C17H16F3N7O. The molecule has 8 nitrogen and oxygen atoms in total. The summed E-state index contributed by atoms with van der Waals surface area (Å²) in [6, 6.07) is 6.36. The Morgan fingerprint density at radius 1 is 1.07 bits per heavy atom. The van der Waals surface area contributed by atoms with E-state index in [4.69, 9.17) is 0 Å². The lowest BCUT2D eigenvalue weighted by Gasteiger charge is -2.16. The zero-order valence-corrected chi connectivity index (χ0v) is 14.8. The molecule has 1 amide bonds. The highest BCUT2D eigenvalue weighted by molar-refractivity contribution is 5.93. The quantitative estimate of drug-likeness (QED) is 0.524. The molecule has 3 rings (SSSR count). The molecular weight excluding hydrogens is 375 g/mol. The van der Waals surface area contributed by atoms with Crippen LogP contribution in [0.2, 0.25) is 0 Å². The Morgan fingerprint density at radius 2 is 1.79 bits per heavy atom. The number of para-hydroxylation sites is 2. The minimum absolute atomic E-state index is 0.0444. The van der Waals surface area contributed by atoms with Crippen molar-refractivity contribution in [2.24, 2.45) is 0 Å². The van der Waals surface area contributed by atoms with E-state index >= 15 is 0 Å². The zero-order chi connectivity index (χ0) is 20.3.